The number of carbonyl (C=O) groups is 1. The number of nitrogens with one attached hydrogen (secondary N) is 1. The molecule has 0 radical (unpaired) electrons. The monoisotopic (exact) mass is 420 g/mol. The molecule has 3 rings (SSSR count). The molecule has 1 aliphatic rings. The third-order valence-electron chi connectivity index (χ3n) is 4.40. The average molecular weight is 421 g/mol. The van der Waals surface area contributed by atoms with Crippen molar-refractivity contribution >= 4 is 33.2 Å². The molecule has 1 heterocycles. The zero-order chi connectivity index (χ0) is 18.5. The van der Waals surface area contributed by atoms with Gasteiger partial charge in [-0.3, -0.25) is 4.79 Å². The summed E-state index contributed by atoms with van der Waals surface area (Å²) in [6.07, 6.45) is 3.37. The van der Waals surface area contributed by atoms with Crippen molar-refractivity contribution in [1.29, 1.82) is 0 Å². The molecule has 0 spiro atoms. The lowest BCUT2D eigenvalue weighted by Crippen LogP contribution is -2.30. The van der Waals surface area contributed by atoms with E-state index in [4.69, 9.17) is 4.74 Å². The molecule has 1 saturated heterocycles. The lowest BCUT2D eigenvalue weighted by molar-refractivity contribution is 0.102. The minimum atomic E-state index is -0.308. The smallest absolute Gasteiger partial charge is 0.255 e. The number of hydrogen-bond acceptors (Lipinski definition) is 3. The van der Waals surface area contributed by atoms with Crippen molar-refractivity contribution < 1.29 is 13.9 Å². The molecule has 0 saturated carbocycles. The van der Waals surface area contributed by atoms with Crippen LogP contribution in [0.2, 0.25) is 0 Å². The number of nitrogens with zero attached hydrogens (tertiary/aromatic N) is 1. The lowest BCUT2D eigenvalue weighted by Gasteiger charge is -2.29. The van der Waals surface area contributed by atoms with E-state index < -0.39 is 0 Å². The van der Waals surface area contributed by atoms with Crippen LogP contribution in [0.5, 0.6) is 5.75 Å². The highest BCUT2D eigenvalue weighted by molar-refractivity contribution is 9.10. The van der Waals surface area contributed by atoms with Crippen LogP contribution in [-0.4, -0.2) is 25.6 Å². The second-order valence-corrected chi connectivity index (χ2v) is 7.10. The number of piperidine rings is 1. The molecule has 0 aliphatic carbocycles. The first-order valence-corrected chi connectivity index (χ1v) is 9.66. The topological polar surface area (TPSA) is 41.6 Å². The van der Waals surface area contributed by atoms with Gasteiger partial charge in [-0.25, -0.2) is 4.39 Å². The van der Waals surface area contributed by atoms with Crippen LogP contribution in [0.3, 0.4) is 0 Å². The average Bonchev–Trinajstić information content (AvgIpc) is 2.64. The van der Waals surface area contributed by atoms with Gasteiger partial charge in [0, 0.05) is 24.3 Å². The van der Waals surface area contributed by atoms with Crippen LogP contribution >= 0.6 is 15.9 Å². The van der Waals surface area contributed by atoms with Gasteiger partial charge in [0.1, 0.15) is 11.6 Å². The second kappa shape index (κ2) is 8.54. The Bertz CT molecular complexity index is 791. The zero-order valence-corrected chi connectivity index (χ0v) is 16.3. The SMILES string of the molecule is CCOc1ccc(C(=O)Nc2ccc(N3CCCCC3)c(F)c2)cc1Br. The molecule has 0 atom stereocenters. The predicted molar refractivity (Wildman–Crippen MR) is 106 cm³/mol. The zero-order valence-electron chi connectivity index (χ0n) is 14.7. The Morgan fingerprint density at radius 1 is 1.19 bits per heavy atom. The van der Waals surface area contributed by atoms with Crippen LogP contribution in [0.15, 0.2) is 40.9 Å². The van der Waals surface area contributed by atoms with Crippen LogP contribution in [-0.2, 0) is 0 Å². The van der Waals surface area contributed by atoms with E-state index in [2.05, 4.69) is 26.1 Å². The molecule has 1 aliphatic heterocycles. The number of carbonyl (C=O) groups excluding carboxylic acids is 1. The Balaban J connectivity index is 1.71. The molecule has 6 heteroatoms. The van der Waals surface area contributed by atoms with E-state index in [0.717, 1.165) is 25.9 Å². The van der Waals surface area contributed by atoms with Gasteiger partial charge in [-0.05, 0) is 78.5 Å². The number of ether oxygens (including phenoxy) is 1. The lowest BCUT2D eigenvalue weighted by atomic mass is 10.1. The first kappa shape index (κ1) is 18.7. The summed E-state index contributed by atoms with van der Waals surface area (Å²) < 4.78 is 20.6. The van der Waals surface area contributed by atoms with Crippen molar-refractivity contribution in [2.24, 2.45) is 0 Å². The van der Waals surface area contributed by atoms with Gasteiger partial charge in [-0.2, -0.15) is 0 Å². The first-order valence-electron chi connectivity index (χ1n) is 8.86. The van der Waals surface area contributed by atoms with E-state index in [1.807, 2.05) is 6.92 Å². The Morgan fingerprint density at radius 2 is 1.96 bits per heavy atom. The molecule has 2 aromatic carbocycles. The summed E-state index contributed by atoms with van der Waals surface area (Å²) in [5.74, 6) is 0.0809. The summed E-state index contributed by atoms with van der Waals surface area (Å²) in [5, 5.41) is 2.75. The summed E-state index contributed by atoms with van der Waals surface area (Å²) in [5.41, 5.74) is 1.52. The molecule has 26 heavy (non-hydrogen) atoms. The van der Waals surface area contributed by atoms with Crippen molar-refractivity contribution in [3.8, 4) is 5.75 Å². The van der Waals surface area contributed by atoms with Crippen LogP contribution < -0.4 is 15.0 Å². The van der Waals surface area contributed by atoms with Crippen molar-refractivity contribution in [3.05, 3.63) is 52.3 Å². The Labute approximate surface area is 161 Å². The Hall–Kier alpha value is -2.08. The third kappa shape index (κ3) is 4.36. The Morgan fingerprint density at radius 3 is 2.62 bits per heavy atom. The van der Waals surface area contributed by atoms with Gasteiger partial charge in [0.15, 0.2) is 0 Å². The fraction of sp³-hybridized carbons (Fsp3) is 0.350. The van der Waals surface area contributed by atoms with Crippen LogP contribution in [0.25, 0.3) is 0 Å². The number of amides is 1. The van der Waals surface area contributed by atoms with E-state index in [0.29, 0.717) is 33.8 Å². The van der Waals surface area contributed by atoms with Crippen molar-refractivity contribution in [2.45, 2.75) is 26.2 Å². The number of anilines is 2. The third-order valence-corrected chi connectivity index (χ3v) is 5.02. The number of hydrogen-bond donors (Lipinski definition) is 1. The normalized spacial score (nSPS) is 14.2. The summed E-state index contributed by atoms with van der Waals surface area (Å²) in [6, 6.07) is 9.98. The fourth-order valence-corrected chi connectivity index (χ4v) is 3.59. The van der Waals surface area contributed by atoms with Crippen LogP contribution in [0.1, 0.15) is 36.5 Å². The van der Waals surface area contributed by atoms with Crippen molar-refractivity contribution in [3.63, 3.8) is 0 Å². The maximum Gasteiger partial charge on any atom is 0.255 e. The molecule has 1 fully saturated rings. The molecule has 1 N–H and O–H groups in total. The second-order valence-electron chi connectivity index (χ2n) is 6.25. The van der Waals surface area contributed by atoms with E-state index in [1.165, 1.54) is 12.5 Å². The minimum Gasteiger partial charge on any atom is -0.493 e. The first-order chi connectivity index (χ1) is 12.6. The molecule has 138 valence electrons. The van der Waals surface area contributed by atoms with Gasteiger partial charge in [-0.15, -0.1) is 0 Å². The Kier molecular flexibility index (Phi) is 6.14. The highest BCUT2D eigenvalue weighted by Crippen LogP contribution is 2.28. The fourth-order valence-electron chi connectivity index (χ4n) is 3.09. The minimum absolute atomic E-state index is 0.293. The van der Waals surface area contributed by atoms with Crippen LogP contribution in [0.4, 0.5) is 15.8 Å². The van der Waals surface area contributed by atoms with Gasteiger partial charge in [0.2, 0.25) is 0 Å². The van der Waals surface area contributed by atoms with Gasteiger partial charge in [-0.1, -0.05) is 0 Å². The summed E-state index contributed by atoms with van der Waals surface area (Å²) >= 11 is 3.40. The predicted octanol–water partition coefficient (Wildman–Crippen LogP) is 5.23. The summed E-state index contributed by atoms with van der Waals surface area (Å²) in [6.45, 7) is 4.20. The van der Waals surface area contributed by atoms with E-state index in [9.17, 15) is 9.18 Å². The molecular weight excluding hydrogens is 399 g/mol. The van der Waals surface area contributed by atoms with Gasteiger partial charge in [0.25, 0.3) is 5.91 Å². The molecule has 2 aromatic rings. The molecular formula is C20H22BrFN2O2. The van der Waals surface area contributed by atoms with E-state index in [1.54, 1.807) is 30.3 Å². The highest BCUT2D eigenvalue weighted by atomic mass is 79.9. The number of benzene rings is 2. The summed E-state index contributed by atoms with van der Waals surface area (Å²) in [4.78, 5) is 14.5. The van der Waals surface area contributed by atoms with E-state index >= 15 is 0 Å². The van der Waals surface area contributed by atoms with Crippen molar-refractivity contribution in [2.75, 3.05) is 29.9 Å². The molecule has 0 aromatic heterocycles. The van der Waals surface area contributed by atoms with E-state index in [-0.39, 0.29) is 11.7 Å². The quantitative estimate of drug-likeness (QED) is 0.719. The van der Waals surface area contributed by atoms with Crippen LogP contribution in [0, 0.1) is 5.82 Å². The van der Waals surface area contributed by atoms with Gasteiger partial charge in [0.05, 0.1) is 16.8 Å². The van der Waals surface area contributed by atoms with Gasteiger partial charge >= 0.3 is 0 Å². The highest BCUT2D eigenvalue weighted by Gasteiger charge is 2.16. The van der Waals surface area contributed by atoms with Crippen molar-refractivity contribution in [1.82, 2.24) is 0 Å². The van der Waals surface area contributed by atoms with Gasteiger partial charge < -0.3 is 15.0 Å². The standard InChI is InChI=1S/C20H22BrFN2O2/c1-2-26-19-9-6-14(12-16(19)21)20(25)23-15-7-8-18(17(22)13-15)24-10-4-3-5-11-24/h6-9,12-13H,2-5,10-11H2,1H3,(H,23,25). The maximum atomic E-state index is 14.5. The molecule has 1 amide bonds. The molecule has 0 bridgehead atoms. The summed E-state index contributed by atoms with van der Waals surface area (Å²) in [7, 11) is 0. The largest absolute Gasteiger partial charge is 0.493 e. The number of rotatable bonds is 5. The number of halogens is 2. The molecule has 4 nitrogen and oxygen atoms in total. The molecule has 0 unspecified atom stereocenters. The maximum absolute atomic E-state index is 14.5.